The quantitative estimate of drug-likeness (QED) is 0.635. The van der Waals surface area contributed by atoms with Crippen LogP contribution in [0.15, 0.2) is 59.1 Å². The highest BCUT2D eigenvalue weighted by Crippen LogP contribution is 2.14. The van der Waals surface area contributed by atoms with Gasteiger partial charge in [0.15, 0.2) is 0 Å². The average Bonchev–Trinajstić information content (AvgIpc) is 3.14. The van der Waals surface area contributed by atoms with Crippen molar-refractivity contribution in [1.29, 1.82) is 0 Å². The lowest BCUT2D eigenvalue weighted by molar-refractivity contribution is 0.0743. The molecule has 0 saturated heterocycles. The molecule has 0 unspecified atom stereocenters. The van der Waals surface area contributed by atoms with E-state index in [0.29, 0.717) is 22.9 Å². The number of benzene rings is 2. The van der Waals surface area contributed by atoms with Crippen molar-refractivity contribution in [1.82, 2.24) is 10.1 Å². The molecule has 0 aliphatic rings. The summed E-state index contributed by atoms with van der Waals surface area (Å²) in [6, 6.07) is 15.8. The lowest BCUT2D eigenvalue weighted by Gasteiger charge is -2.15. The van der Waals surface area contributed by atoms with Crippen LogP contribution in [-0.4, -0.2) is 29.1 Å². The molecule has 7 nitrogen and oxygen atoms in total. The maximum absolute atomic E-state index is 12.3. The number of hydrogen-bond donors (Lipinski definition) is 1. The Morgan fingerprint density at radius 1 is 1.10 bits per heavy atom. The molecule has 2 amide bonds. The van der Waals surface area contributed by atoms with Crippen molar-refractivity contribution in [2.24, 2.45) is 0 Å². The number of aryl methyl sites for hydroxylation is 1. The first kappa shape index (κ1) is 20.4. The molecule has 0 atom stereocenters. The zero-order valence-electron chi connectivity index (χ0n) is 16.0. The third-order valence-corrected chi connectivity index (χ3v) is 4.34. The van der Waals surface area contributed by atoms with E-state index in [4.69, 9.17) is 20.9 Å². The third kappa shape index (κ3) is 5.83. The summed E-state index contributed by atoms with van der Waals surface area (Å²) in [6.45, 7) is 2.29. The Bertz CT molecular complexity index is 984. The fraction of sp³-hybridized carbons (Fsp3) is 0.190. The summed E-state index contributed by atoms with van der Waals surface area (Å²) >= 11 is 5.83. The van der Waals surface area contributed by atoms with Gasteiger partial charge in [0.05, 0.1) is 5.69 Å². The molecule has 3 rings (SSSR count). The van der Waals surface area contributed by atoms with Gasteiger partial charge in [0.1, 0.15) is 6.61 Å². The highest BCUT2D eigenvalue weighted by molar-refractivity contribution is 6.30. The fourth-order valence-corrected chi connectivity index (χ4v) is 2.70. The summed E-state index contributed by atoms with van der Waals surface area (Å²) in [4.78, 5) is 25.8. The predicted molar refractivity (Wildman–Crippen MR) is 109 cm³/mol. The van der Waals surface area contributed by atoms with Gasteiger partial charge in [-0.3, -0.25) is 10.1 Å². The average molecular weight is 414 g/mol. The van der Waals surface area contributed by atoms with Crippen molar-refractivity contribution in [2.75, 3.05) is 12.4 Å². The van der Waals surface area contributed by atoms with Crippen LogP contribution in [0.25, 0.3) is 0 Å². The van der Waals surface area contributed by atoms with Gasteiger partial charge < -0.3 is 14.2 Å². The zero-order valence-corrected chi connectivity index (χ0v) is 16.8. The van der Waals surface area contributed by atoms with Crippen LogP contribution >= 0.6 is 11.6 Å². The van der Waals surface area contributed by atoms with Crippen LogP contribution in [0.4, 0.5) is 10.5 Å². The van der Waals surface area contributed by atoms with E-state index in [1.165, 1.54) is 4.90 Å². The standard InChI is InChI=1S/C21H20ClN3O4/c1-14-11-19(29-24-14)20(26)25(2)12-15-5-9-18(10-6-15)23-21(27)28-13-16-3-7-17(22)8-4-16/h3-11H,12-13H2,1-2H3,(H,23,27). The van der Waals surface area contributed by atoms with Gasteiger partial charge in [-0.25, -0.2) is 4.79 Å². The molecular formula is C21H20ClN3O4. The van der Waals surface area contributed by atoms with Gasteiger partial charge >= 0.3 is 6.09 Å². The number of nitrogens with one attached hydrogen (secondary N) is 1. The molecule has 2 aromatic carbocycles. The van der Waals surface area contributed by atoms with Crippen molar-refractivity contribution in [3.8, 4) is 0 Å². The highest BCUT2D eigenvalue weighted by atomic mass is 35.5. The Morgan fingerprint density at radius 3 is 2.38 bits per heavy atom. The molecular weight excluding hydrogens is 394 g/mol. The summed E-state index contributed by atoms with van der Waals surface area (Å²) in [6.07, 6.45) is -0.555. The van der Waals surface area contributed by atoms with Gasteiger partial charge in [-0.1, -0.05) is 41.0 Å². The number of carbonyl (C=O) groups is 2. The summed E-state index contributed by atoms with van der Waals surface area (Å²) in [7, 11) is 1.68. The normalized spacial score (nSPS) is 10.4. The number of halogens is 1. The van der Waals surface area contributed by atoms with Crippen molar-refractivity contribution >= 4 is 29.3 Å². The van der Waals surface area contributed by atoms with Crippen LogP contribution in [-0.2, 0) is 17.9 Å². The summed E-state index contributed by atoms with van der Waals surface area (Å²) < 4.78 is 10.2. The van der Waals surface area contributed by atoms with E-state index < -0.39 is 6.09 Å². The van der Waals surface area contributed by atoms with Gasteiger partial charge in [0, 0.05) is 30.4 Å². The first-order chi connectivity index (χ1) is 13.9. The van der Waals surface area contributed by atoms with E-state index in [9.17, 15) is 9.59 Å². The second-order valence-corrected chi connectivity index (χ2v) is 6.95. The third-order valence-electron chi connectivity index (χ3n) is 4.09. The molecule has 3 aromatic rings. The van der Waals surface area contributed by atoms with Gasteiger partial charge in [-0.15, -0.1) is 0 Å². The largest absolute Gasteiger partial charge is 0.444 e. The molecule has 0 aliphatic heterocycles. The molecule has 0 spiro atoms. The number of hydrogen-bond acceptors (Lipinski definition) is 5. The summed E-state index contributed by atoms with van der Waals surface area (Å²) in [5, 5.41) is 7.01. The molecule has 1 aromatic heterocycles. The first-order valence-electron chi connectivity index (χ1n) is 8.86. The number of aromatic nitrogens is 1. The van der Waals surface area contributed by atoms with Crippen molar-refractivity contribution in [3.05, 3.63) is 82.2 Å². The topological polar surface area (TPSA) is 84.7 Å². The van der Waals surface area contributed by atoms with Gasteiger partial charge in [0.2, 0.25) is 5.76 Å². The number of ether oxygens (including phenoxy) is 1. The molecule has 0 fully saturated rings. The van der Waals surface area contributed by atoms with E-state index in [-0.39, 0.29) is 18.3 Å². The number of nitrogens with zero attached hydrogens (tertiary/aromatic N) is 2. The summed E-state index contributed by atoms with van der Waals surface area (Å²) in [5.41, 5.74) is 2.99. The van der Waals surface area contributed by atoms with E-state index in [1.54, 1.807) is 56.4 Å². The minimum absolute atomic E-state index is 0.148. The van der Waals surface area contributed by atoms with E-state index in [0.717, 1.165) is 11.1 Å². The second kappa shape index (κ2) is 9.25. The number of carbonyl (C=O) groups excluding carboxylic acids is 2. The van der Waals surface area contributed by atoms with Crippen LogP contribution < -0.4 is 5.32 Å². The maximum Gasteiger partial charge on any atom is 0.411 e. The molecule has 0 aliphatic carbocycles. The molecule has 0 saturated carbocycles. The van der Waals surface area contributed by atoms with Crippen LogP contribution in [0.2, 0.25) is 5.02 Å². The minimum atomic E-state index is -0.555. The molecule has 1 heterocycles. The predicted octanol–water partition coefficient (Wildman–Crippen LogP) is 4.66. The fourth-order valence-electron chi connectivity index (χ4n) is 2.58. The number of amides is 2. The minimum Gasteiger partial charge on any atom is -0.444 e. The Kier molecular flexibility index (Phi) is 6.51. The Hall–Kier alpha value is -3.32. The second-order valence-electron chi connectivity index (χ2n) is 6.52. The Labute approximate surface area is 173 Å². The molecule has 8 heteroatoms. The maximum atomic E-state index is 12.3. The number of anilines is 1. The van der Waals surface area contributed by atoms with Crippen molar-refractivity contribution in [3.63, 3.8) is 0 Å². The van der Waals surface area contributed by atoms with Gasteiger partial charge in [-0.2, -0.15) is 0 Å². The first-order valence-corrected chi connectivity index (χ1v) is 9.24. The summed E-state index contributed by atoms with van der Waals surface area (Å²) in [5.74, 6) is -0.0506. The van der Waals surface area contributed by atoms with Gasteiger partial charge in [0.25, 0.3) is 5.91 Å². The van der Waals surface area contributed by atoms with E-state index in [2.05, 4.69) is 10.5 Å². The van der Waals surface area contributed by atoms with Crippen molar-refractivity contribution < 1.29 is 18.8 Å². The Balaban J connectivity index is 1.49. The monoisotopic (exact) mass is 413 g/mol. The van der Waals surface area contributed by atoms with Crippen molar-refractivity contribution in [2.45, 2.75) is 20.1 Å². The van der Waals surface area contributed by atoms with Crippen LogP contribution in [0, 0.1) is 6.92 Å². The molecule has 0 radical (unpaired) electrons. The molecule has 29 heavy (non-hydrogen) atoms. The van der Waals surface area contributed by atoms with E-state index >= 15 is 0 Å². The van der Waals surface area contributed by atoms with Crippen LogP contribution in [0.3, 0.4) is 0 Å². The Morgan fingerprint density at radius 2 is 1.76 bits per heavy atom. The molecule has 1 N–H and O–H groups in total. The highest BCUT2D eigenvalue weighted by Gasteiger charge is 2.16. The molecule has 0 bridgehead atoms. The lowest BCUT2D eigenvalue weighted by atomic mass is 10.2. The van der Waals surface area contributed by atoms with Crippen LogP contribution in [0.5, 0.6) is 0 Å². The molecule has 150 valence electrons. The smallest absolute Gasteiger partial charge is 0.411 e. The van der Waals surface area contributed by atoms with Crippen LogP contribution in [0.1, 0.15) is 27.4 Å². The SMILES string of the molecule is Cc1cc(C(=O)N(C)Cc2ccc(NC(=O)OCc3ccc(Cl)cc3)cc2)on1. The van der Waals surface area contributed by atoms with E-state index in [1.807, 2.05) is 12.1 Å². The lowest BCUT2D eigenvalue weighted by Crippen LogP contribution is -2.25. The number of rotatable bonds is 6. The van der Waals surface area contributed by atoms with Gasteiger partial charge in [-0.05, 0) is 42.3 Å². The zero-order chi connectivity index (χ0) is 20.8.